The number of hydrogen-bond donors (Lipinski definition) is 2. The number of aryl methyl sites for hydroxylation is 1. The fourth-order valence-corrected chi connectivity index (χ4v) is 1.44. The van der Waals surface area contributed by atoms with E-state index in [2.05, 4.69) is 26.1 Å². The van der Waals surface area contributed by atoms with Crippen LogP contribution in [0, 0.1) is 13.5 Å². The van der Waals surface area contributed by atoms with E-state index in [0.29, 0.717) is 11.4 Å². The Morgan fingerprint density at radius 2 is 2.29 bits per heavy atom. The summed E-state index contributed by atoms with van der Waals surface area (Å²) >= 11 is 3.07. The number of hydrogen-bond acceptors (Lipinski definition) is 2. The van der Waals surface area contributed by atoms with Gasteiger partial charge in [-0.15, -0.1) is 0 Å². The zero-order valence-electron chi connectivity index (χ0n) is 9.62. The molecule has 1 aromatic carbocycles. The Hall–Kier alpha value is -1.38. The van der Waals surface area contributed by atoms with Crippen LogP contribution in [0.5, 0.6) is 0 Å². The lowest BCUT2D eigenvalue weighted by atomic mass is 10.1. The highest BCUT2D eigenvalue weighted by atomic mass is 79.9. The summed E-state index contributed by atoms with van der Waals surface area (Å²) in [5, 5.41) is 12.5. The molecule has 4 nitrogen and oxygen atoms in total. The third-order valence-electron chi connectivity index (χ3n) is 2.32. The first-order chi connectivity index (χ1) is 7.90. The molecule has 2 N–H and O–H groups in total. The molecule has 0 unspecified atom stereocenters. The van der Waals surface area contributed by atoms with Crippen molar-refractivity contribution in [2.24, 2.45) is 0 Å². The fraction of sp³-hybridized carbons (Fsp3) is 0.333. The van der Waals surface area contributed by atoms with Gasteiger partial charge in [0.15, 0.2) is 5.69 Å². The Morgan fingerprint density at radius 3 is 2.76 bits per heavy atom. The molecule has 0 aliphatic heterocycles. The molecular formula is C12H13BrN2O2. The van der Waals surface area contributed by atoms with E-state index in [1.54, 1.807) is 25.1 Å². The van der Waals surface area contributed by atoms with Crippen molar-refractivity contribution in [1.82, 2.24) is 0 Å². The first kappa shape index (κ1) is 13.7. The van der Waals surface area contributed by atoms with E-state index < -0.39 is 11.5 Å². The molecule has 0 bridgehead atoms. The number of carbonyl (C=O) groups excluding carboxylic acids is 1. The second-order valence-corrected chi connectivity index (χ2v) is 4.54. The molecule has 1 amide bonds. The van der Waals surface area contributed by atoms with Crippen LogP contribution in [0.1, 0.15) is 12.5 Å². The molecule has 17 heavy (non-hydrogen) atoms. The highest BCUT2D eigenvalue weighted by molar-refractivity contribution is 9.09. The van der Waals surface area contributed by atoms with Crippen LogP contribution < -0.4 is 5.32 Å². The number of carbonyl (C=O) groups is 1. The molecule has 0 aliphatic rings. The Morgan fingerprint density at radius 1 is 1.65 bits per heavy atom. The van der Waals surface area contributed by atoms with Crippen LogP contribution in [0.3, 0.4) is 0 Å². The second kappa shape index (κ2) is 5.30. The summed E-state index contributed by atoms with van der Waals surface area (Å²) in [5.74, 6) is -0.482. The number of nitrogens with one attached hydrogen (secondary N) is 1. The van der Waals surface area contributed by atoms with Crippen molar-refractivity contribution in [2.45, 2.75) is 19.4 Å². The van der Waals surface area contributed by atoms with Crippen LogP contribution in [-0.4, -0.2) is 21.9 Å². The predicted molar refractivity (Wildman–Crippen MR) is 70.5 cm³/mol. The molecule has 90 valence electrons. The number of aliphatic hydroxyl groups is 1. The van der Waals surface area contributed by atoms with Crippen LogP contribution in [0.2, 0.25) is 0 Å². The molecule has 0 heterocycles. The minimum atomic E-state index is -1.45. The van der Waals surface area contributed by atoms with E-state index in [0.717, 1.165) is 5.56 Å². The van der Waals surface area contributed by atoms with Gasteiger partial charge in [-0.3, -0.25) is 4.79 Å². The number of halogens is 1. The van der Waals surface area contributed by atoms with E-state index >= 15 is 0 Å². The number of rotatable bonds is 3. The zero-order chi connectivity index (χ0) is 13.1. The maximum Gasteiger partial charge on any atom is 0.256 e. The van der Waals surface area contributed by atoms with E-state index in [1.807, 2.05) is 0 Å². The van der Waals surface area contributed by atoms with Gasteiger partial charge in [-0.25, -0.2) is 4.85 Å². The molecule has 0 saturated carbocycles. The number of alkyl halides is 1. The number of benzene rings is 1. The minimum Gasteiger partial charge on any atom is -0.379 e. The van der Waals surface area contributed by atoms with Gasteiger partial charge in [0.25, 0.3) is 5.91 Å². The quantitative estimate of drug-likeness (QED) is 0.665. The molecule has 0 aromatic heterocycles. The lowest BCUT2D eigenvalue weighted by molar-refractivity contribution is -0.130. The summed E-state index contributed by atoms with van der Waals surface area (Å²) in [6.07, 6.45) is 0. The van der Waals surface area contributed by atoms with Crippen LogP contribution in [0.15, 0.2) is 18.2 Å². The molecule has 1 atom stereocenters. The van der Waals surface area contributed by atoms with Gasteiger partial charge in [0.2, 0.25) is 0 Å². The largest absolute Gasteiger partial charge is 0.379 e. The lowest BCUT2D eigenvalue weighted by Gasteiger charge is -2.19. The summed E-state index contributed by atoms with van der Waals surface area (Å²) in [5.41, 5.74) is 0.458. The smallest absolute Gasteiger partial charge is 0.256 e. The molecular weight excluding hydrogens is 284 g/mol. The average Bonchev–Trinajstić information content (AvgIpc) is 2.29. The van der Waals surface area contributed by atoms with Gasteiger partial charge >= 0.3 is 0 Å². The van der Waals surface area contributed by atoms with Crippen molar-refractivity contribution >= 4 is 33.2 Å². The van der Waals surface area contributed by atoms with Crippen molar-refractivity contribution in [3.05, 3.63) is 35.2 Å². The van der Waals surface area contributed by atoms with Gasteiger partial charge < -0.3 is 10.4 Å². The standard InChI is InChI=1S/C12H13BrN2O2/c1-8-6-9(4-5-10(8)14-3)15-11(16)12(2,17)7-13/h4-6,17H,7H2,1-2H3,(H,15,16)/t12-/m0/s1. The van der Waals surface area contributed by atoms with E-state index in [4.69, 9.17) is 6.57 Å². The summed E-state index contributed by atoms with van der Waals surface area (Å²) in [7, 11) is 0. The van der Waals surface area contributed by atoms with Crippen molar-refractivity contribution in [3.63, 3.8) is 0 Å². The van der Waals surface area contributed by atoms with Crippen LogP contribution in [0.25, 0.3) is 4.85 Å². The second-order valence-electron chi connectivity index (χ2n) is 3.97. The molecule has 1 rings (SSSR count). The van der Waals surface area contributed by atoms with Gasteiger partial charge in [-0.1, -0.05) is 22.0 Å². The monoisotopic (exact) mass is 296 g/mol. The molecule has 0 fully saturated rings. The molecule has 0 radical (unpaired) electrons. The number of nitrogens with zero attached hydrogens (tertiary/aromatic N) is 1. The van der Waals surface area contributed by atoms with E-state index in [-0.39, 0.29) is 5.33 Å². The maximum atomic E-state index is 11.7. The summed E-state index contributed by atoms with van der Waals surface area (Å²) in [6, 6.07) is 4.99. The predicted octanol–water partition coefficient (Wildman–Crippen LogP) is 2.63. The Labute approximate surface area is 109 Å². The Balaban J connectivity index is 2.88. The molecule has 0 spiro atoms. The Kier molecular flexibility index (Phi) is 4.27. The van der Waals surface area contributed by atoms with Crippen molar-refractivity contribution in [1.29, 1.82) is 0 Å². The summed E-state index contributed by atoms with van der Waals surface area (Å²) in [4.78, 5) is 15.0. The average molecular weight is 297 g/mol. The van der Waals surface area contributed by atoms with Crippen molar-refractivity contribution in [2.75, 3.05) is 10.6 Å². The van der Waals surface area contributed by atoms with Crippen LogP contribution >= 0.6 is 15.9 Å². The maximum absolute atomic E-state index is 11.7. The normalized spacial score (nSPS) is 13.6. The number of amides is 1. The highest BCUT2D eigenvalue weighted by Crippen LogP contribution is 2.23. The molecule has 5 heteroatoms. The minimum absolute atomic E-state index is 0.158. The van der Waals surface area contributed by atoms with Gasteiger partial charge in [-0.05, 0) is 31.5 Å². The van der Waals surface area contributed by atoms with Gasteiger partial charge in [0, 0.05) is 11.0 Å². The molecule has 1 aromatic rings. The zero-order valence-corrected chi connectivity index (χ0v) is 11.2. The third kappa shape index (κ3) is 3.29. The van der Waals surface area contributed by atoms with Crippen molar-refractivity contribution < 1.29 is 9.90 Å². The van der Waals surface area contributed by atoms with Gasteiger partial charge in [-0.2, -0.15) is 0 Å². The van der Waals surface area contributed by atoms with Crippen LogP contribution in [0.4, 0.5) is 11.4 Å². The summed E-state index contributed by atoms with van der Waals surface area (Å²) < 4.78 is 0. The van der Waals surface area contributed by atoms with Crippen molar-refractivity contribution in [3.8, 4) is 0 Å². The van der Waals surface area contributed by atoms with E-state index in [9.17, 15) is 9.90 Å². The fourth-order valence-electron chi connectivity index (χ4n) is 1.19. The first-order valence-electron chi connectivity index (χ1n) is 4.98. The van der Waals surface area contributed by atoms with Gasteiger partial charge in [0.05, 0.1) is 6.57 Å². The summed E-state index contributed by atoms with van der Waals surface area (Å²) in [6.45, 7) is 10.1. The number of anilines is 1. The lowest BCUT2D eigenvalue weighted by Crippen LogP contribution is -2.41. The van der Waals surface area contributed by atoms with Crippen LogP contribution in [-0.2, 0) is 4.79 Å². The Bertz CT molecular complexity index is 478. The van der Waals surface area contributed by atoms with E-state index in [1.165, 1.54) is 6.92 Å². The SMILES string of the molecule is [C-]#[N+]c1ccc(NC(=O)[C@@](C)(O)CBr)cc1C. The molecule has 0 saturated heterocycles. The van der Waals surface area contributed by atoms with Gasteiger partial charge in [0.1, 0.15) is 5.60 Å². The topological polar surface area (TPSA) is 53.7 Å². The molecule has 0 aliphatic carbocycles. The third-order valence-corrected chi connectivity index (χ3v) is 3.42. The highest BCUT2D eigenvalue weighted by Gasteiger charge is 2.28. The first-order valence-corrected chi connectivity index (χ1v) is 6.11.